The molecule has 1 rings (SSSR count). The fourth-order valence-electron chi connectivity index (χ4n) is 2.28. The van der Waals surface area contributed by atoms with Gasteiger partial charge in [-0.1, -0.05) is 41.5 Å². The van der Waals surface area contributed by atoms with Crippen LogP contribution in [-0.2, 0) is 10.8 Å². The van der Waals surface area contributed by atoms with Gasteiger partial charge in [-0.15, -0.1) is 11.6 Å². The molecule has 0 aliphatic heterocycles. The van der Waals surface area contributed by atoms with Crippen LogP contribution < -0.4 is 0 Å². The van der Waals surface area contributed by atoms with Gasteiger partial charge in [-0.25, -0.2) is 0 Å². The van der Waals surface area contributed by atoms with Crippen molar-refractivity contribution < 1.29 is 15.3 Å². The van der Waals surface area contributed by atoms with Crippen LogP contribution in [0.25, 0.3) is 0 Å². The Bertz CT molecular complexity index is 463. The second-order valence-electron chi connectivity index (χ2n) is 7.63. The van der Waals surface area contributed by atoms with E-state index in [1.165, 1.54) is 0 Å². The summed E-state index contributed by atoms with van der Waals surface area (Å²) in [6, 6.07) is 3.51. The molecule has 0 aliphatic rings. The Labute approximate surface area is 132 Å². The Morgan fingerprint density at radius 2 is 1.33 bits per heavy atom. The first-order valence-corrected chi connectivity index (χ1v) is 7.73. The monoisotopic (exact) mass is 314 g/mol. The standard InChI is InChI=1S/C17H27ClO3/c1-16(2,3)11-7-10(14(20)13(19)9-18)8-12(15(11)21)17(4,5)6/h7-8,13-14,19-21H,9H2,1-6H3. The van der Waals surface area contributed by atoms with E-state index >= 15 is 0 Å². The van der Waals surface area contributed by atoms with Crippen LogP contribution in [0.15, 0.2) is 12.1 Å². The molecule has 0 aliphatic carbocycles. The summed E-state index contributed by atoms with van der Waals surface area (Å²) in [7, 11) is 0. The zero-order valence-corrected chi connectivity index (χ0v) is 14.5. The lowest BCUT2D eigenvalue weighted by Gasteiger charge is -2.29. The SMILES string of the molecule is CC(C)(C)c1cc(C(O)C(O)CCl)cc(C(C)(C)C)c1O. The van der Waals surface area contributed by atoms with Crippen molar-refractivity contribution in [3.05, 3.63) is 28.8 Å². The van der Waals surface area contributed by atoms with Gasteiger partial charge in [0.05, 0.1) is 12.0 Å². The van der Waals surface area contributed by atoms with Crippen molar-refractivity contribution in [3.63, 3.8) is 0 Å². The van der Waals surface area contributed by atoms with Gasteiger partial charge in [0.25, 0.3) is 0 Å². The summed E-state index contributed by atoms with van der Waals surface area (Å²) in [5.74, 6) is 0.212. The molecule has 0 amide bonds. The lowest BCUT2D eigenvalue weighted by atomic mass is 9.77. The molecule has 0 fully saturated rings. The minimum Gasteiger partial charge on any atom is -0.507 e. The molecule has 0 saturated heterocycles. The molecule has 0 saturated carbocycles. The van der Waals surface area contributed by atoms with E-state index in [9.17, 15) is 15.3 Å². The number of phenols is 1. The zero-order valence-electron chi connectivity index (χ0n) is 13.7. The Balaban J connectivity index is 3.55. The average Bonchev–Trinajstić information content (AvgIpc) is 2.34. The summed E-state index contributed by atoms with van der Waals surface area (Å²) in [6.07, 6.45) is -2.10. The van der Waals surface area contributed by atoms with Gasteiger partial charge in [0.2, 0.25) is 0 Å². The first-order chi connectivity index (χ1) is 9.39. The molecule has 0 bridgehead atoms. The molecule has 3 nitrogen and oxygen atoms in total. The second kappa shape index (κ2) is 6.15. The Kier molecular flexibility index (Phi) is 5.36. The molecule has 1 aromatic carbocycles. The minimum absolute atomic E-state index is 0.0439. The maximum atomic E-state index is 10.6. The molecule has 2 atom stereocenters. The van der Waals surface area contributed by atoms with Crippen molar-refractivity contribution in [1.82, 2.24) is 0 Å². The number of halogens is 1. The van der Waals surface area contributed by atoms with Crippen molar-refractivity contribution in [3.8, 4) is 5.75 Å². The Hall–Kier alpha value is -0.770. The number of aliphatic hydroxyl groups is 2. The zero-order chi connectivity index (χ0) is 16.6. The van der Waals surface area contributed by atoms with Gasteiger partial charge in [-0.05, 0) is 39.7 Å². The van der Waals surface area contributed by atoms with Crippen LogP contribution in [0, 0.1) is 0 Å². The summed E-state index contributed by atoms with van der Waals surface area (Å²) >= 11 is 5.63. The first-order valence-electron chi connectivity index (χ1n) is 7.19. The average molecular weight is 315 g/mol. The van der Waals surface area contributed by atoms with Crippen LogP contribution in [0.1, 0.15) is 64.3 Å². The molecule has 21 heavy (non-hydrogen) atoms. The number of phenolic OH excluding ortho intramolecular Hbond substituents is 1. The van der Waals surface area contributed by atoms with Crippen molar-refractivity contribution in [2.75, 3.05) is 5.88 Å². The van der Waals surface area contributed by atoms with Gasteiger partial charge in [0.1, 0.15) is 11.9 Å². The second-order valence-corrected chi connectivity index (χ2v) is 7.94. The lowest BCUT2D eigenvalue weighted by molar-refractivity contribution is 0.0325. The predicted octanol–water partition coefficient (Wildman–Crippen LogP) is 3.62. The summed E-state index contributed by atoms with van der Waals surface area (Å²) in [4.78, 5) is 0. The Morgan fingerprint density at radius 1 is 0.952 bits per heavy atom. The molecule has 0 radical (unpaired) electrons. The highest BCUT2D eigenvalue weighted by Crippen LogP contribution is 2.41. The number of hydrogen-bond acceptors (Lipinski definition) is 3. The predicted molar refractivity (Wildman–Crippen MR) is 87.2 cm³/mol. The van der Waals surface area contributed by atoms with Gasteiger partial charge in [0.15, 0.2) is 0 Å². The first kappa shape index (κ1) is 18.3. The molecule has 0 aromatic heterocycles. The molecular weight excluding hydrogens is 288 g/mol. The highest BCUT2D eigenvalue weighted by molar-refractivity contribution is 6.18. The fourth-order valence-corrected chi connectivity index (χ4v) is 2.45. The number of rotatable bonds is 3. The van der Waals surface area contributed by atoms with Crippen LogP contribution >= 0.6 is 11.6 Å². The normalized spacial score (nSPS) is 15.9. The molecular formula is C17H27ClO3. The van der Waals surface area contributed by atoms with Crippen LogP contribution in [0.4, 0.5) is 0 Å². The molecule has 0 heterocycles. The van der Waals surface area contributed by atoms with Crippen LogP contribution in [0.2, 0.25) is 0 Å². The van der Waals surface area contributed by atoms with E-state index in [1.807, 2.05) is 41.5 Å². The summed E-state index contributed by atoms with van der Waals surface area (Å²) in [6.45, 7) is 12.0. The largest absolute Gasteiger partial charge is 0.507 e. The molecule has 0 spiro atoms. The van der Waals surface area contributed by atoms with Crippen LogP contribution in [0.3, 0.4) is 0 Å². The van der Waals surface area contributed by atoms with E-state index in [4.69, 9.17) is 11.6 Å². The third-order valence-corrected chi connectivity index (χ3v) is 3.93. The fraction of sp³-hybridized carbons (Fsp3) is 0.647. The molecule has 4 heteroatoms. The minimum atomic E-state index is -1.06. The summed E-state index contributed by atoms with van der Waals surface area (Å²) < 4.78 is 0. The molecule has 3 N–H and O–H groups in total. The van der Waals surface area contributed by atoms with Crippen molar-refractivity contribution in [2.24, 2.45) is 0 Å². The van der Waals surface area contributed by atoms with Crippen LogP contribution in [0.5, 0.6) is 5.75 Å². The van der Waals surface area contributed by atoms with E-state index < -0.39 is 12.2 Å². The van der Waals surface area contributed by atoms with Gasteiger partial charge in [-0.2, -0.15) is 0 Å². The summed E-state index contributed by atoms with van der Waals surface area (Å²) in [5.41, 5.74) is 1.55. The number of hydrogen-bond donors (Lipinski definition) is 3. The maximum Gasteiger partial charge on any atom is 0.123 e. The summed E-state index contributed by atoms with van der Waals surface area (Å²) in [5, 5.41) is 30.6. The van der Waals surface area contributed by atoms with Gasteiger partial charge in [-0.3, -0.25) is 0 Å². The van der Waals surface area contributed by atoms with E-state index in [1.54, 1.807) is 12.1 Å². The molecule has 120 valence electrons. The maximum absolute atomic E-state index is 10.6. The lowest BCUT2D eigenvalue weighted by Crippen LogP contribution is -2.23. The van der Waals surface area contributed by atoms with E-state index in [-0.39, 0.29) is 22.5 Å². The third-order valence-electron chi connectivity index (χ3n) is 3.61. The Morgan fingerprint density at radius 3 is 1.62 bits per heavy atom. The highest BCUT2D eigenvalue weighted by atomic mass is 35.5. The number of aromatic hydroxyl groups is 1. The number of alkyl halides is 1. The van der Waals surface area contributed by atoms with Crippen molar-refractivity contribution >= 4 is 11.6 Å². The molecule has 2 unspecified atom stereocenters. The highest BCUT2D eigenvalue weighted by Gasteiger charge is 2.29. The number of benzene rings is 1. The van der Waals surface area contributed by atoms with Crippen molar-refractivity contribution in [1.29, 1.82) is 0 Å². The number of aliphatic hydroxyl groups excluding tert-OH is 2. The van der Waals surface area contributed by atoms with Gasteiger partial charge in [0, 0.05) is 0 Å². The van der Waals surface area contributed by atoms with Gasteiger partial charge >= 0.3 is 0 Å². The van der Waals surface area contributed by atoms with E-state index in [0.29, 0.717) is 5.56 Å². The van der Waals surface area contributed by atoms with E-state index in [2.05, 4.69) is 0 Å². The smallest absolute Gasteiger partial charge is 0.123 e. The van der Waals surface area contributed by atoms with Crippen molar-refractivity contribution in [2.45, 2.75) is 64.6 Å². The molecule has 1 aromatic rings. The quantitative estimate of drug-likeness (QED) is 0.747. The topological polar surface area (TPSA) is 60.7 Å². The van der Waals surface area contributed by atoms with Gasteiger partial charge < -0.3 is 15.3 Å². The third kappa shape index (κ3) is 4.12. The van der Waals surface area contributed by atoms with E-state index in [0.717, 1.165) is 11.1 Å². The van der Waals surface area contributed by atoms with Crippen LogP contribution in [-0.4, -0.2) is 27.3 Å².